The lowest BCUT2D eigenvalue weighted by molar-refractivity contribution is 0.0948. The van der Waals surface area contributed by atoms with Gasteiger partial charge in [0.15, 0.2) is 0 Å². The van der Waals surface area contributed by atoms with Crippen molar-refractivity contribution in [2.75, 3.05) is 30.4 Å². The Balaban J connectivity index is 2.23. The summed E-state index contributed by atoms with van der Waals surface area (Å²) in [5, 5.41) is 6.10. The van der Waals surface area contributed by atoms with Crippen LogP contribution in [0.3, 0.4) is 0 Å². The van der Waals surface area contributed by atoms with Gasteiger partial charge >= 0.3 is 0 Å². The molecule has 0 aromatic carbocycles. The van der Waals surface area contributed by atoms with Crippen LogP contribution in [0.1, 0.15) is 43.1 Å². The van der Waals surface area contributed by atoms with E-state index in [0.717, 1.165) is 25.2 Å². The Morgan fingerprint density at radius 1 is 1.30 bits per heavy atom. The molecule has 0 aliphatic heterocycles. The number of amides is 1. The van der Waals surface area contributed by atoms with Crippen molar-refractivity contribution in [3.63, 3.8) is 0 Å². The number of rotatable bonds is 10. The van der Waals surface area contributed by atoms with Crippen LogP contribution in [0.15, 0.2) is 18.3 Å². The second kappa shape index (κ2) is 10.5. The largest absolute Gasteiger partial charge is 0.385 e. The normalized spacial score (nSPS) is 10.3. The molecule has 1 aromatic rings. The zero-order valence-electron chi connectivity index (χ0n) is 12.4. The molecule has 0 radical (unpaired) electrons. The molecule has 1 heterocycles. The molecule has 0 saturated carbocycles. The van der Waals surface area contributed by atoms with E-state index in [1.165, 1.54) is 25.0 Å². The first-order valence-corrected chi connectivity index (χ1v) is 8.64. The van der Waals surface area contributed by atoms with Gasteiger partial charge in [-0.05, 0) is 43.9 Å². The Morgan fingerprint density at radius 2 is 2.10 bits per heavy atom. The molecule has 0 bridgehead atoms. The van der Waals surface area contributed by atoms with Crippen molar-refractivity contribution in [2.45, 2.75) is 32.6 Å². The molecule has 4 nitrogen and oxygen atoms in total. The number of hydrogen-bond acceptors (Lipinski definition) is 4. The molecule has 0 spiro atoms. The molecule has 0 unspecified atom stereocenters. The zero-order chi connectivity index (χ0) is 14.6. The van der Waals surface area contributed by atoms with E-state index in [1.54, 1.807) is 12.3 Å². The fraction of sp³-hybridized carbons (Fsp3) is 0.600. The molecule has 112 valence electrons. The molecule has 0 fully saturated rings. The number of hydrogen-bond donors (Lipinski definition) is 2. The van der Waals surface area contributed by atoms with Crippen molar-refractivity contribution in [1.82, 2.24) is 10.3 Å². The Labute approximate surface area is 126 Å². The van der Waals surface area contributed by atoms with Crippen LogP contribution < -0.4 is 10.6 Å². The van der Waals surface area contributed by atoms with Gasteiger partial charge in [-0.25, -0.2) is 0 Å². The molecule has 1 rings (SSSR count). The molecule has 2 N–H and O–H groups in total. The predicted octanol–water partition coefficient (Wildman–Crippen LogP) is 3.17. The monoisotopic (exact) mass is 295 g/mol. The Bertz CT molecular complexity index is 398. The van der Waals surface area contributed by atoms with Gasteiger partial charge in [0, 0.05) is 25.0 Å². The standard InChI is InChI=1S/C15H25N3OS/c1-3-16-13-8-10-17-14(12-13)15(19)18-9-6-4-5-7-11-20-2/h8,10,12H,3-7,9,11H2,1-2H3,(H,16,17)(H,18,19). The summed E-state index contributed by atoms with van der Waals surface area (Å²) in [4.78, 5) is 16.0. The highest BCUT2D eigenvalue weighted by atomic mass is 32.2. The van der Waals surface area contributed by atoms with Crippen molar-refractivity contribution in [3.8, 4) is 0 Å². The average molecular weight is 295 g/mol. The molecule has 1 aromatic heterocycles. The summed E-state index contributed by atoms with van der Waals surface area (Å²) in [6, 6.07) is 3.66. The van der Waals surface area contributed by atoms with Gasteiger partial charge < -0.3 is 10.6 Å². The maximum Gasteiger partial charge on any atom is 0.269 e. The molecular weight excluding hydrogens is 270 g/mol. The smallest absolute Gasteiger partial charge is 0.269 e. The summed E-state index contributed by atoms with van der Waals surface area (Å²) in [7, 11) is 0. The van der Waals surface area contributed by atoms with Gasteiger partial charge in [0.05, 0.1) is 0 Å². The van der Waals surface area contributed by atoms with E-state index >= 15 is 0 Å². The van der Waals surface area contributed by atoms with Gasteiger partial charge in [-0.15, -0.1) is 0 Å². The van der Waals surface area contributed by atoms with E-state index in [1.807, 2.05) is 24.8 Å². The first-order valence-electron chi connectivity index (χ1n) is 7.25. The second-order valence-corrected chi connectivity index (χ2v) is 5.61. The topological polar surface area (TPSA) is 54.0 Å². The molecule has 20 heavy (non-hydrogen) atoms. The van der Waals surface area contributed by atoms with Crippen LogP contribution in [0.25, 0.3) is 0 Å². The maximum atomic E-state index is 11.9. The van der Waals surface area contributed by atoms with Gasteiger partial charge in [-0.3, -0.25) is 9.78 Å². The van der Waals surface area contributed by atoms with E-state index in [9.17, 15) is 4.79 Å². The highest BCUT2D eigenvalue weighted by Crippen LogP contribution is 2.08. The van der Waals surface area contributed by atoms with E-state index < -0.39 is 0 Å². The average Bonchev–Trinajstić information content (AvgIpc) is 2.47. The van der Waals surface area contributed by atoms with Crippen LogP contribution in [0.4, 0.5) is 5.69 Å². The van der Waals surface area contributed by atoms with Crippen molar-refractivity contribution < 1.29 is 4.79 Å². The quantitative estimate of drug-likeness (QED) is 0.651. The number of thioether (sulfide) groups is 1. The van der Waals surface area contributed by atoms with E-state index in [2.05, 4.69) is 21.9 Å². The minimum Gasteiger partial charge on any atom is -0.385 e. The lowest BCUT2D eigenvalue weighted by Gasteiger charge is -2.07. The summed E-state index contributed by atoms with van der Waals surface area (Å²) in [5.41, 5.74) is 1.41. The lowest BCUT2D eigenvalue weighted by atomic mass is 10.2. The fourth-order valence-electron chi connectivity index (χ4n) is 1.89. The third-order valence-electron chi connectivity index (χ3n) is 2.93. The number of anilines is 1. The van der Waals surface area contributed by atoms with E-state index in [-0.39, 0.29) is 5.91 Å². The molecular formula is C15H25N3OS. The molecule has 1 amide bonds. The zero-order valence-corrected chi connectivity index (χ0v) is 13.3. The van der Waals surface area contributed by atoms with E-state index in [0.29, 0.717) is 5.69 Å². The maximum absolute atomic E-state index is 11.9. The number of carbonyl (C=O) groups is 1. The SMILES string of the molecule is CCNc1ccnc(C(=O)NCCCCCCSC)c1. The highest BCUT2D eigenvalue weighted by molar-refractivity contribution is 7.98. The Kier molecular flexibility index (Phi) is 8.87. The number of nitrogens with zero attached hydrogens (tertiary/aromatic N) is 1. The van der Waals surface area contributed by atoms with Gasteiger partial charge in [-0.1, -0.05) is 12.8 Å². The first-order chi connectivity index (χ1) is 9.77. The number of nitrogens with one attached hydrogen (secondary N) is 2. The predicted molar refractivity (Wildman–Crippen MR) is 87.6 cm³/mol. The third kappa shape index (κ3) is 6.80. The number of carbonyl (C=O) groups excluding carboxylic acids is 1. The van der Waals surface area contributed by atoms with Crippen LogP contribution in [-0.2, 0) is 0 Å². The molecule has 0 aliphatic carbocycles. The number of unbranched alkanes of at least 4 members (excludes halogenated alkanes) is 3. The summed E-state index contributed by atoms with van der Waals surface area (Å²) in [6.07, 6.45) is 8.51. The fourth-order valence-corrected chi connectivity index (χ4v) is 2.38. The van der Waals surface area contributed by atoms with Crippen molar-refractivity contribution >= 4 is 23.4 Å². The van der Waals surface area contributed by atoms with E-state index in [4.69, 9.17) is 0 Å². The minimum absolute atomic E-state index is 0.0890. The molecule has 5 heteroatoms. The van der Waals surface area contributed by atoms with Crippen LogP contribution in [-0.4, -0.2) is 36.0 Å². The summed E-state index contributed by atoms with van der Waals surface area (Å²) in [5.74, 6) is 1.14. The molecule has 0 saturated heterocycles. The van der Waals surface area contributed by atoms with Crippen LogP contribution in [0.5, 0.6) is 0 Å². The van der Waals surface area contributed by atoms with Crippen molar-refractivity contribution in [1.29, 1.82) is 0 Å². The lowest BCUT2D eigenvalue weighted by Crippen LogP contribution is -2.25. The van der Waals surface area contributed by atoms with Crippen LogP contribution >= 0.6 is 11.8 Å². The van der Waals surface area contributed by atoms with Gasteiger partial charge in [0.2, 0.25) is 0 Å². The summed E-state index contributed by atoms with van der Waals surface area (Å²) < 4.78 is 0. The highest BCUT2D eigenvalue weighted by Gasteiger charge is 2.06. The van der Waals surface area contributed by atoms with Crippen LogP contribution in [0.2, 0.25) is 0 Å². The van der Waals surface area contributed by atoms with Crippen LogP contribution in [0, 0.1) is 0 Å². The first kappa shape index (κ1) is 16.8. The summed E-state index contributed by atoms with van der Waals surface area (Å²) >= 11 is 1.89. The minimum atomic E-state index is -0.0890. The van der Waals surface area contributed by atoms with Gasteiger partial charge in [-0.2, -0.15) is 11.8 Å². The van der Waals surface area contributed by atoms with Gasteiger partial charge in [0.1, 0.15) is 5.69 Å². The molecule has 0 atom stereocenters. The second-order valence-electron chi connectivity index (χ2n) is 4.62. The number of pyridine rings is 1. The summed E-state index contributed by atoms with van der Waals surface area (Å²) in [6.45, 7) is 3.59. The number of aromatic nitrogens is 1. The van der Waals surface area contributed by atoms with Crippen molar-refractivity contribution in [2.24, 2.45) is 0 Å². The Hall–Kier alpha value is -1.23. The molecule has 0 aliphatic rings. The van der Waals surface area contributed by atoms with Gasteiger partial charge in [0.25, 0.3) is 5.91 Å². The third-order valence-corrected chi connectivity index (χ3v) is 3.63. The Morgan fingerprint density at radius 3 is 2.85 bits per heavy atom. The van der Waals surface area contributed by atoms with Crippen molar-refractivity contribution in [3.05, 3.63) is 24.0 Å².